The molecule has 3 saturated carbocycles. The summed E-state index contributed by atoms with van der Waals surface area (Å²) in [6.45, 7) is -0.220. The SMILES string of the molecule is ClCCBr.FC1(F)Oc2ccc(CCl)cc2O1.N#CC1(c2ccc3c(c2)OC(F)(F)O3)CC1.N#CCc1ccc2c(c1)OC(F)(F)O2.O=C(Cl)C1(c2ccc3c(c2)OC(F)(F)O3)CC1.O=C(O)C1(c2ccc3c(c2)OC(F)(F)O3)CC1.O=C(O)c1ccc2c(c1)OC(F)(F)O2.O=S(Cl)Cl.OCc1ccc2c(c1)OC(F)(F)O2.[K+].[Na+].[OH-].[OH-]. The summed E-state index contributed by atoms with van der Waals surface area (Å²) in [5.74, 6) is -1.90. The molecule has 7 aromatic rings. The molecule has 7 aliphatic heterocycles. The standard InChI is InChI=1S/C11H7ClF2O3.C11H7F2NO2.C11H8F2O4.C9H5F2NO2.C8H5ClF2O2.C8H4F2O4.C8H6F2O3.C2H4BrCl.Cl2OS.K.Na.2H2O/c12-9(15)10(3-4-10)6-1-2-7-8(5-6)17-11(13,14)16-7;12-11(13)15-8-2-1-7(5-9(8)16-11)10(6-14)3-4-10;12-11(13)16-7-2-1-6(5-8(7)17-11)10(3-4-10)9(14)15;10-9(11)13-7-2-1-6(3-4-12)5-8(7)14-9;9-4-5-1-2-6-7(3-5)13-8(10,11)12-6;9-8(10)13-5-2-1-4(7(11)12)3-6(5)14-8;9-8(10)12-6-2-1-5(4-11)3-7(6)13-8;3-1-2-4;1-4(2)3;;;;/h1-2,5H,3-4H2;1-2,5H,3-4H2;1-2,5H,3-4H2,(H,14,15);1-2,5H,3H2;1-3H,4H2;1-3H,(H,11,12);1-3,11H,4H2;1-2H2;;;;2*1H2/q;;;;;;;;;2*+1;;/p-2. The molecule has 116 heavy (non-hydrogen) atoms. The van der Waals surface area contributed by atoms with E-state index in [0.717, 1.165) is 41.9 Å². The number of ether oxygens (including phenoxy) is 14. The number of aliphatic hydroxyl groups is 1. The Kier molecular flexibility index (Phi) is 34.2. The molecule has 7 aromatic carbocycles. The number of hydrogen-bond acceptors (Lipinski definition) is 23. The van der Waals surface area contributed by atoms with E-state index < -0.39 is 86.7 Å². The van der Waals surface area contributed by atoms with Crippen molar-refractivity contribution in [2.75, 3.05) is 11.2 Å². The average Bonchev–Trinajstić information content (AvgIpc) is 1.60. The Morgan fingerprint density at radius 2 is 0.698 bits per heavy atom. The van der Waals surface area contributed by atoms with Gasteiger partial charge >= 0.3 is 137 Å². The number of carbonyl (C=O) groups is 3. The summed E-state index contributed by atoms with van der Waals surface area (Å²) < 4.78 is 245. The number of rotatable bonds is 10. The van der Waals surface area contributed by atoms with Crippen LogP contribution in [-0.2, 0) is 54.0 Å². The number of alkyl halides is 17. The van der Waals surface area contributed by atoms with Gasteiger partial charge in [-0.25, -0.2) is 9.00 Å². The Bertz CT molecular complexity index is 4660. The van der Waals surface area contributed by atoms with Gasteiger partial charge in [-0.2, -0.15) is 10.5 Å². The van der Waals surface area contributed by atoms with Crippen molar-refractivity contribution in [3.63, 3.8) is 0 Å². The van der Waals surface area contributed by atoms with Gasteiger partial charge in [0.25, 0.3) is 0 Å². The van der Waals surface area contributed by atoms with E-state index in [2.05, 4.69) is 110 Å². The molecule has 0 radical (unpaired) electrons. The van der Waals surface area contributed by atoms with Crippen LogP contribution in [0.1, 0.15) is 82.3 Å². The molecule has 0 aromatic heterocycles. The minimum absolute atomic E-state index is 0. The minimum atomic E-state index is -3.71. The number of fused-ring (bicyclic) bond motifs is 7. The molecular formula is C68H48BrCl5F14KN2NaO23S. The summed E-state index contributed by atoms with van der Waals surface area (Å²) in [7, 11) is 7.36. The van der Waals surface area contributed by atoms with Crippen LogP contribution in [-0.4, -0.2) is 103 Å². The van der Waals surface area contributed by atoms with Crippen molar-refractivity contribution >= 4 is 98.5 Å². The number of nitrogens with zero attached hydrogens (tertiary/aromatic N) is 2. The van der Waals surface area contributed by atoms with Crippen molar-refractivity contribution in [3.8, 4) is 92.6 Å². The summed E-state index contributed by atoms with van der Waals surface area (Å²) in [4.78, 5) is 32.9. The van der Waals surface area contributed by atoms with Crippen LogP contribution in [0.2, 0.25) is 0 Å². The molecular weight excluding hydrogens is 1830 g/mol. The van der Waals surface area contributed by atoms with Crippen molar-refractivity contribution < 1.29 is 254 Å². The molecule has 0 saturated heterocycles. The van der Waals surface area contributed by atoms with Crippen LogP contribution < -0.4 is 147 Å². The van der Waals surface area contributed by atoms with E-state index in [9.17, 15) is 75.8 Å². The Morgan fingerprint density at radius 3 is 0.983 bits per heavy atom. The molecule has 3 fully saturated rings. The van der Waals surface area contributed by atoms with Gasteiger partial charge in [-0.3, -0.25) is 9.59 Å². The van der Waals surface area contributed by atoms with Gasteiger partial charge in [0.1, 0.15) is 0 Å². The van der Waals surface area contributed by atoms with Gasteiger partial charge in [-0.1, -0.05) is 52.3 Å². The number of aliphatic carboxylic acids is 1. The third-order valence-electron chi connectivity index (χ3n) is 15.8. The first-order valence-electron chi connectivity index (χ1n) is 31.1. The molecule has 48 heteroatoms. The van der Waals surface area contributed by atoms with Gasteiger partial charge in [-0.05, 0) is 175 Å². The zero-order valence-electron chi connectivity index (χ0n) is 58.3. The molecule has 0 unspecified atom stereocenters. The Hall–Kier alpha value is -7.05. The van der Waals surface area contributed by atoms with Gasteiger partial charge in [-0.15, -0.1) is 84.7 Å². The summed E-state index contributed by atoms with van der Waals surface area (Å²) >= 11 is 19.3. The van der Waals surface area contributed by atoms with Crippen molar-refractivity contribution in [1.29, 1.82) is 10.5 Å². The number of carboxylic acid groups (broad SMARTS) is 2. The topological polar surface area (TPSA) is 366 Å². The molecule has 5 N–H and O–H groups in total. The second-order valence-corrected chi connectivity index (χ2v) is 27.9. The fourth-order valence-corrected chi connectivity index (χ4v) is 10.7. The van der Waals surface area contributed by atoms with Crippen molar-refractivity contribution in [2.24, 2.45) is 0 Å². The quantitative estimate of drug-likeness (QED) is 0.0495. The molecule has 0 bridgehead atoms. The normalized spacial score (nSPS) is 18.1. The molecule has 0 amide bonds. The third-order valence-corrected chi connectivity index (χ3v) is 17.6. The molecule has 616 valence electrons. The molecule has 7 heterocycles. The second-order valence-electron chi connectivity index (χ2n) is 23.6. The van der Waals surface area contributed by atoms with Crippen molar-refractivity contribution in [1.82, 2.24) is 0 Å². The van der Waals surface area contributed by atoms with Gasteiger partial charge in [0.15, 0.2) is 80.5 Å². The van der Waals surface area contributed by atoms with E-state index in [1.807, 2.05) is 6.07 Å². The summed E-state index contributed by atoms with van der Waals surface area (Å²) in [5.41, 5.74) is 1.32. The van der Waals surface area contributed by atoms with Gasteiger partial charge in [0, 0.05) is 38.5 Å². The van der Waals surface area contributed by atoms with Crippen LogP contribution >= 0.6 is 72.1 Å². The smallest absolute Gasteiger partial charge is 0.870 e. The number of halogens is 20. The summed E-state index contributed by atoms with van der Waals surface area (Å²) in [6, 6.07) is 33.2. The van der Waals surface area contributed by atoms with Crippen LogP contribution in [0.4, 0.5) is 61.5 Å². The number of carbonyl (C=O) groups excluding carboxylic acids is 1. The van der Waals surface area contributed by atoms with Crippen molar-refractivity contribution in [3.05, 3.63) is 166 Å². The number of aliphatic hydroxyl groups excluding tert-OH is 1. The van der Waals surface area contributed by atoms with Gasteiger partial charge in [0.2, 0.25) is 14.5 Å². The van der Waals surface area contributed by atoms with E-state index in [0.29, 0.717) is 59.4 Å². The fraction of sp³-hybridized carbons (Fsp3) is 0.309. The molecule has 17 rings (SSSR count). The average molecular weight is 1880 g/mol. The third kappa shape index (κ3) is 26.2. The molecule has 0 spiro atoms. The van der Waals surface area contributed by atoms with E-state index >= 15 is 0 Å². The number of benzene rings is 7. The monoisotopic (exact) mass is 1870 g/mol. The van der Waals surface area contributed by atoms with E-state index in [1.54, 1.807) is 24.3 Å². The van der Waals surface area contributed by atoms with Crippen molar-refractivity contribution in [2.45, 2.75) is 118 Å². The predicted molar refractivity (Wildman–Crippen MR) is 365 cm³/mol. The molecule has 25 nitrogen and oxygen atoms in total. The van der Waals surface area contributed by atoms with E-state index in [4.69, 9.17) is 64.9 Å². The molecule has 3 aliphatic carbocycles. The number of hydrogen-bond donors (Lipinski definition) is 3. The van der Waals surface area contributed by atoms with Gasteiger partial charge in [0.05, 0.1) is 47.0 Å². The summed E-state index contributed by atoms with van der Waals surface area (Å²) in [5, 5.41) is 44.2. The van der Waals surface area contributed by atoms with Crippen LogP contribution in [0.3, 0.4) is 0 Å². The zero-order valence-corrected chi connectivity index (χ0v) is 69.7. The maximum absolute atomic E-state index is 12.8. The van der Waals surface area contributed by atoms with Crippen LogP contribution in [0.25, 0.3) is 0 Å². The molecule has 10 aliphatic rings. The van der Waals surface area contributed by atoms with Crippen LogP contribution in [0.15, 0.2) is 127 Å². The van der Waals surface area contributed by atoms with E-state index in [1.165, 1.54) is 84.9 Å². The summed E-state index contributed by atoms with van der Waals surface area (Å²) in [6.07, 6.45) is -21.4. The Morgan fingerprint density at radius 1 is 0.431 bits per heavy atom. The largest absolute Gasteiger partial charge is 1.00 e. The number of aromatic carboxylic acids is 1. The Labute approximate surface area is 743 Å². The maximum atomic E-state index is 12.8. The zero-order chi connectivity index (χ0) is 82.4. The number of nitriles is 2. The van der Waals surface area contributed by atoms with E-state index in [-0.39, 0.29) is 197 Å². The fourth-order valence-electron chi connectivity index (χ4n) is 10.2. The first-order chi connectivity index (χ1) is 52.3. The second kappa shape index (κ2) is 39.9. The Balaban J connectivity index is 0.000000237. The minimum Gasteiger partial charge on any atom is -0.870 e. The number of carboxylic acids is 2. The van der Waals surface area contributed by atoms with Crippen LogP contribution in [0, 0.1) is 22.7 Å². The molecule has 0 atom stereocenters. The maximum Gasteiger partial charge on any atom is 1.00 e. The first kappa shape index (κ1) is 99.5. The van der Waals surface area contributed by atoms with Crippen LogP contribution in [0.5, 0.6) is 80.5 Å². The predicted octanol–water partition coefficient (Wildman–Crippen LogP) is 11.8. The van der Waals surface area contributed by atoms with Gasteiger partial charge < -0.3 is 92.6 Å². The first-order valence-corrected chi connectivity index (χ1v) is 36.5.